The number of benzene rings is 1. The highest BCUT2D eigenvalue weighted by Crippen LogP contribution is 2.43. The molecule has 0 aromatic heterocycles. The molecule has 2 rings (SSSR count). The Balaban J connectivity index is 2.50. The first-order valence-corrected chi connectivity index (χ1v) is 5.17. The van der Waals surface area contributed by atoms with Gasteiger partial charge in [0.2, 0.25) is 0 Å². The molecule has 0 unspecified atom stereocenters. The Morgan fingerprint density at radius 2 is 2.06 bits per heavy atom. The lowest BCUT2D eigenvalue weighted by Gasteiger charge is -2.36. The van der Waals surface area contributed by atoms with Gasteiger partial charge in [-0.05, 0) is 19.3 Å². The number of nitriles is 1. The van der Waals surface area contributed by atoms with Crippen molar-refractivity contribution >= 4 is 12.6 Å². The normalized spacial score (nSPS) is 17.4. The Bertz CT molecular complexity index is 452. The van der Waals surface area contributed by atoms with Crippen LogP contribution in [0.3, 0.4) is 0 Å². The van der Waals surface area contributed by atoms with Gasteiger partial charge in [0.15, 0.2) is 0 Å². The SMILES string of the molecule is N#CC1(c2cccc(B(O)O)c2F)CCC1. The predicted octanol–water partition coefficient (Wildman–Crippen LogP) is 0.451. The molecule has 1 aliphatic carbocycles. The average Bonchev–Trinajstić information content (AvgIpc) is 2.19. The topological polar surface area (TPSA) is 64.2 Å². The summed E-state index contributed by atoms with van der Waals surface area (Å²) in [5, 5.41) is 27.1. The molecule has 3 nitrogen and oxygen atoms in total. The molecule has 0 aliphatic heterocycles. The lowest BCUT2D eigenvalue weighted by atomic mass is 9.64. The van der Waals surface area contributed by atoms with Crippen LogP contribution in [0.15, 0.2) is 18.2 Å². The Hall–Kier alpha value is -1.38. The highest BCUT2D eigenvalue weighted by Gasteiger charge is 2.41. The smallest absolute Gasteiger partial charge is 0.423 e. The van der Waals surface area contributed by atoms with Gasteiger partial charge < -0.3 is 10.0 Å². The van der Waals surface area contributed by atoms with Gasteiger partial charge in [0.1, 0.15) is 5.82 Å². The van der Waals surface area contributed by atoms with Crippen LogP contribution in [-0.2, 0) is 5.41 Å². The molecule has 82 valence electrons. The van der Waals surface area contributed by atoms with E-state index in [0.717, 1.165) is 6.42 Å². The Kier molecular flexibility index (Phi) is 2.70. The molecule has 1 aromatic carbocycles. The van der Waals surface area contributed by atoms with Crippen molar-refractivity contribution in [2.24, 2.45) is 0 Å². The molecule has 5 heteroatoms. The fourth-order valence-electron chi connectivity index (χ4n) is 2.09. The second-order valence-corrected chi connectivity index (χ2v) is 4.13. The third kappa shape index (κ3) is 1.51. The molecular formula is C11H11BFNO2. The van der Waals surface area contributed by atoms with E-state index in [-0.39, 0.29) is 11.0 Å². The molecule has 0 atom stereocenters. The van der Waals surface area contributed by atoms with Crippen LogP contribution in [0.1, 0.15) is 24.8 Å². The van der Waals surface area contributed by atoms with E-state index >= 15 is 0 Å². The molecule has 0 bridgehead atoms. The van der Waals surface area contributed by atoms with Crippen molar-refractivity contribution in [1.82, 2.24) is 0 Å². The van der Waals surface area contributed by atoms with Crippen LogP contribution in [0.25, 0.3) is 0 Å². The molecule has 0 radical (unpaired) electrons. The Morgan fingerprint density at radius 3 is 2.50 bits per heavy atom. The van der Waals surface area contributed by atoms with Gasteiger partial charge in [0, 0.05) is 11.0 Å². The van der Waals surface area contributed by atoms with Gasteiger partial charge >= 0.3 is 7.12 Å². The van der Waals surface area contributed by atoms with Gasteiger partial charge in [-0.15, -0.1) is 0 Å². The van der Waals surface area contributed by atoms with Crippen LogP contribution >= 0.6 is 0 Å². The summed E-state index contributed by atoms with van der Waals surface area (Å²) in [6.07, 6.45) is 2.16. The molecule has 1 aromatic rings. The summed E-state index contributed by atoms with van der Waals surface area (Å²) in [7, 11) is -1.84. The van der Waals surface area contributed by atoms with E-state index in [4.69, 9.17) is 15.3 Å². The van der Waals surface area contributed by atoms with Crippen LogP contribution in [0.2, 0.25) is 0 Å². The van der Waals surface area contributed by atoms with Crippen molar-refractivity contribution in [2.45, 2.75) is 24.7 Å². The van der Waals surface area contributed by atoms with Gasteiger partial charge in [-0.2, -0.15) is 5.26 Å². The number of nitrogens with zero attached hydrogens (tertiary/aromatic N) is 1. The van der Waals surface area contributed by atoms with Crippen LogP contribution in [0, 0.1) is 17.1 Å². The molecule has 1 fully saturated rings. The lowest BCUT2D eigenvalue weighted by molar-refractivity contribution is 0.313. The summed E-state index contributed by atoms with van der Waals surface area (Å²) in [6, 6.07) is 6.54. The van der Waals surface area contributed by atoms with Crippen molar-refractivity contribution < 1.29 is 14.4 Å². The summed E-state index contributed by atoms with van der Waals surface area (Å²) in [5.41, 5.74) is -0.652. The zero-order valence-corrected chi connectivity index (χ0v) is 8.65. The molecular weight excluding hydrogens is 208 g/mol. The van der Waals surface area contributed by atoms with Gasteiger partial charge in [-0.1, -0.05) is 18.2 Å². The van der Waals surface area contributed by atoms with Gasteiger partial charge in [0.05, 0.1) is 11.5 Å². The van der Waals surface area contributed by atoms with E-state index in [1.54, 1.807) is 12.1 Å². The van der Waals surface area contributed by atoms with Crippen molar-refractivity contribution in [3.05, 3.63) is 29.6 Å². The largest absolute Gasteiger partial charge is 0.491 e. The van der Waals surface area contributed by atoms with Crippen LogP contribution in [-0.4, -0.2) is 17.2 Å². The number of hydrogen-bond acceptors (Lipinski definition) is 3. The van der Waals surface area contributed by atoms with Crippen LogP contribution in [0.4, 0.5) is 4.39 Å². The third-order valence-electron chi connectivity index (χ3n) is 3.24. The van der Waals surface area contributed by atoms with Crippen LogP contribution < -0.4 is 5.46 Å². The molecule has 1 aliphatic rings. The molecule has 0 amide bonds. The van der Waals surface area contributed by atoms with Gasteiger partial charge in [-0.25, -0.2) is 4.39 Å². The van der Waals surface area contributed by atoms with E-state index in [9.17, 15) is 4.39 Å². The monoisotopic (exact) mass is 219 g/mol. The molecule has 2 N–H and O–H groups in total. The van der Waals surface area contributed by atoms with E-state index in [1.807, 2.05) is 0 Å². The minimum atomic E-state index is -1.84. The molecule has 1 saturated carbocycles. The van der Waals surface area contributed by atoms with E-state index in [2.05, 4.69) is 6.07 Å². The summed E-state index contributed by atoms with van der Waals surface area (Å²) in [5.74, 6) is -0.668. The first-order valence-electron chi connectivity index (χ1n) is 5.17. The Labute approximate surface area is 93.3 Å². The first-order chi connectivity index (χ1) is 7.60. The van der Waals surface area contributed by atoms with Crippen molar-refractivity contribution in [2.75, 3.05) is 0 Å². The van der Waals surface area contributed by atoms with E-state index in [1.165, 1.54) is 6.07 Å². The highest BCUT2D eigenvalue weighted by atomic mass is 19.1. The van der Waals surface area contributed by atoms with Crippen LogP contribution in [0.5, 0.6) is 0 Å². The summed E-state index contributed by atoms with van der Waals surface area (Å²) < 4.78 is 14.0. The summed E-state index contributed by atoms with van der Waals surface area (Å²) in [6.45, 7) is 0. The zero-order valence-electron chi connectivity index (χ0n) is 8.65. The number of rotatable bonds is 2. The lowest BCUT2D eigenvalue weighted by Crippen LogP contribution is -2.39. The van der Waals surface area contributed by atoms with Crippen molar-refractivity contribution in [3.8, 4) is 6.07 Å². The Morgan fingerprint density at radius 1 is 1.38 bits per heavy atom. The molecule has 16 heavy (non-hydrogen) atoms. The standard InChI is InChI=1S/C11H11BFNO2/c13-10-8(11(7-14)5-2-6-11)3-1-4-9(10)12(15)16/h1,3-4,15-16H,2,5-6H2. The average molecular weight is 219 g/mol. The second kappa shape index (κ2) is 3.89. The number of halogens is 1. The van der Waals surface area contributed by atoms with Crippen molar-refractivity contribution in [3.63, 3.8) is 0 Å². The summed E-state index contributed by atoms with van der Waals surface area (Å²) in [4.78, 5) is 0. The molecule has 0 heterocycles. The fourth-order valence-corrected chi connectivity index (χ4v) is 2.09. The fraction of sp³-hybridized carbons (Fsp3) is 0.364. The maximum absolute atomic E-state index is 14.0. The van der Waals surface area contributed by atoms with E-state index in [0.29, 0.717) is 12.8 Å². The summed E-state index contributed by atoms with van der Waals surface area (Å²) >= 11 is 0. The maximum Gasteiger partial charge on any atom is 0.491 e. The van der Waals surface area contributed by atoms with Crippen molar-refractivity contribution in [1.29, 1.82) is 5.26 Å². The molecule has 0 saturated heterocycles. The second-order valence-electron chi connectivity index (χ2n) is 4.13. The zero-order chi connectivity index (χ0) is 11.8. The predicted molar refractivity (Wildman–Crippen MR) is 57.4 cm³/mol. The minimum absolute atomic E-state index is 0.168. The quantitative estimate of drug-likeness (QED) is 0.709. The minimum Gasteiger partial charge on any atom is -0.423 e. The maximum atomic E-state index is 14.0. The van der Waals surface area contributed by atoms with Gasteiger partial charge in [-0.3, -0.25) is 0 Å². The van der Waals surface area contributed by atoms with E-state index < -0.39 is 18.4 Å². The highest BCUT2D eigenvalue weighted by molar-refractivity contribution is 6.58. The van der Waals surface area contributed by atoms with Gasteiger partial charge in [0.25, 0.3) is 0 Å². The first kappa shape index (κ1) is 11.1. The third-order valence-corrected chi connectivity index (χ3v) is 3.24. The molecule has 0 spiro atoms. The number of hydrogen-bond donors (Lipinski definition) is 2.